The van der Waals surface area contributed by atoms with Crippen LogP contribution in [-0.4, -0.2) is 60.0 Å². The molecule has 32 heavy (non-hydrogen) atoms. The van der Waals surface area contributed by atoms with Crippen LogP contribution in [0.3, 0.4) is 0 Å². The van der Waals surface area contributed by atoms with E-state index in [1.54, 1.807) is 23.5 Å². The summed E-state index contributed by atoms with van der Waals surface area (Å²) >= 11 is 1.61. The fourth-order valence-corrected chi connectivity index (χ4v) is 4.37. The van der Waals surface area contributed by atoms with Crippen LogP contribution in [0.1, 0.15) is 26.6 Å². The van der Waals surface area contributed by atoms with E-state index in [9.17, 15) is 4.79 Å². The Morgan fingerprint density at radius 1 is 1.03 bits per heavy atom. The fraction of sp³-hybridized carbons (Fsp3) is 0.360. The zero-order chi connectivity index (χ0) is 22.2. The molecular formula is C25H30N4O2S. The van der Waals surface area contributed by atoms with Crippen LogP contribution in [0.5, 0.6) is 5.75 Å². The molecule has 4 rings (SSSR count). The van der Waals surface area contributed by atoms with Crippen LogP contribution >= 0.6 is 11.3 Å². The lowest BCUT2D eigenvalue weighted by Crippen LogP contribution is -2.48. The number of carbonyl (C=O) groups excluding carboxylic acids is 1. The Kier molecular flexibility index (Phi) is 7.87. The van der Waals surface area contributed by atoms with E-state index < -0.39 is 0 Å². The summed E-state index contributed by atoms with van der Waals surface area (Å²) < 4.78 is 5.75. The molecule has 0 bridgehead atoms. The average Bonchev–Trinajstić information content (AvgIpc) is 3.25. The molecular weight excluding hydrogens is 420 g/mol. The first-order chi connectivity index (χ1) is 15.7. The SMILES string of the molecule is Cc1nc(COc2ccc(C(=O)NCCN3CCN(Cc4ccccc4)CC3)cc2)cs1. The highest BCUT2D eigenvalue weighted by Gasteiger charge is 2.17. The van der Waals surface area contributed by atoms with Gasteiger partial charge in [0.1, 0.15) is 12.4 Å². The minimum Gasteiger partial charge on any atom is -0.487 e. The molecule has 0 radical (unpaired) electrons. The van der Waals surface area contributed by atoms with Crippen LogP contribution in [0.2, 0.25) is 0 Å². The van der Waals surface area contributed by atoms with E-state index in [1.807, 2.05) is 24.4 Å². The van der Waals surface area contributed by atoms with Crippen molar-refractivity contribution in [1.82, 2.24) is 20.1 Å². The minimum atomic E-state index is -0.0469. The Hall–Kier alpha value is -2.74. The lowest BCUT2D eigenvalue weighted by Gasteiger charge is -2.34. The third-order valence-corrected chi connectivity index (χ3v) is 6.42. The summed E-state index contributed by atoms with van der Waals surface area (Å²) in [6, 6.07) is 17.9. The molecule has 0 unspecified atom stereocenters. The number of hydrogen-bond donors (Lipinski definition) is 1. The van der Waals surface area contributed by atoms with Gasteiger partial charge >= 0.3 is 0 Å². The van der Waals surface area contributed by atoms with Crippen molar-refractivity contribution >= 4 is 17.2 Å². The predicted molar refractivity (Wildman–Crippen MR) is 128 cm³/mol. The lowest BCUT2D eigenvalue weighted by atomic mass is 10.2. The number of nitrogens with zero attached hydrogens (tertiary/aromatic N) is 3. The van der Waals surface area contributed by atoms with Gasteiger partial charge in [-0.05, 0) is 36.8 Å². The van der Waals surface area contributed by atoms with Crippen molar-refractivity contribution in [2.75, 3.05) is 39.3 Å². The normalized spacial score (nSPS) is 14.9. The molecule has 1 aliphatic heterocycles. The molecule has 6 nitrogen and oxygen atoms in total. The van der Waals surface area contributed by atoms with Crippen molar-refractivity contribution in [2.45, 2.75) is 20.1 Å². The predicted octanol–water partition coefficient (Wildman–Crippen LogP) is 3.58. The molecule has 1 aromatic heterocycles. The summed E-state index contributed by atoms with van der Waals surface area (Å²) in [4.78, 5) is 21.7. The molecule has 168 valence electrons. The number of thiazole rings is 1. The molecule has 0 saturated carbocycles. The van der Waals surface area contributed by atoms with Crippen LogP contribution < -0.4 is 10.1 Å². The topological polar surface area (TPSA) is 57.7 Å². The average molecular weight is 451 g/mol. The number of carbonyl (C=O) groups is 1. The molecule has 0 spiro atoms. The maximum Gasteiger partial charge on any atom is 0.251 e. The highest BCUT2D eigenvalue weighted by atomic mass is 32.1. The minimum absolute atomic E-state index is 0.0469. The van der Waals surface area contributed by atoms with Gasteiger partial charge in [-0.3, -0.25) is 14.6 Å². The Labute approximate surface area is 193 Å². The van der Waals surface area contributed by atoms with E-state index in [0.29, 0.717) is 18.7 Å². The van der Waals surface area contributed by atoms with E-state index in [4.69, 9.17) is 4.74 Å². The zero-order valence-electron chi connectivity index (χ0n) is 18.5. The quantitative estimate of drug-likeness (QED) is 0.540. The number of piperazine rings is 1. The summed E-state index contributed by atoms with van der Waals surface area (Å²) in [5.41, 5.74) is 2.94. The number of aryl methyl sites for hydroxylation is 1. The molecule has 1 fully saturated rings. The van der Waals surface area contributed by atoms with Gasteiger partial charge in [0.2, 0.25) is 0 Å². The van der Waals surface area contributed by atoms with Crippen LogP contribution in [0.4, 0.5) is 0 Å². The van der Waals surface area contributed by atoms with Crippen molar-refractivity contribution in [1.29, 1.82) is 0 Å². The van der Waals surface area contributed by atoms with Crippen LogP contribution in [0.25, 0.3) is 0 Å². The monoisotopic (exact) mass is 450 g/mol. The molecule has 0 atom stereocenters. The number of benzene rings is 2. The number of aromatic nitrogens is 1. The Morgan fingerprint density at radius 2 is 1.75 bits per heavy atom. The second-order valence-electron chi connectivity index (χ2n) is 8.03. The van der Waals surface area contributed by atoms with Gasteiger partial charge in [0.15, 0.2) is 0 Å². The first-order valence-electron chi connectivity index (χ1n) is 11.1. The lowest BCUT2D eigenvalue weighted by molar-refractivity contribution is 0.0934. The summed E-state index contributed by atoms with van der Waals surface area (Å²) in [6.07, 6.45) is 0. The van der Waals surface area contributed by atoms with Gasteiger partial charge in [-0.25, -0.2) is 4.98 Å². The maximum absolute atomic E-state index is 12.4. The molecule has 0 aliphatic carbocycles. The largest absolute Gasteiger partial charge is 0.487 e. The summed E-state index contributed by atoms with van der Waals surface area (Å²) in [6.45, 7) is 9.14. The van der Waals surface area contributed by atoms with Crippen molar-refractivity contribution in [3.8, 4) is 5.75 Å². The molecule has 2 heterocycles. The van der Waals surface area contributed by atoms with Crippen molar-refractivity contribution in [3.05, 3.63) is 81.8 Å². The number of ether oxygens (including phenoxy) is 1. The number of nitrogens with one attached hydrogen (secondary N) is 1. The Morgan fingerprint density at radius 3 is 2.44 bits per heavy atom. The Bertz CT molecular complexity index is 983. The number of amides is 1. The van der Waals surface area contributed by atoms with Gasteiger partial charge in [-0.15, -0.1) is 11.3 Å². The fourth-order valence-electron chi connectivity index (χ4n) is 3.78. The smallest absolute Gasteiger partial charge is 0.251 e. The summed E-state index contributed by atoms with van der Waals surface area (Å²) in [5.74, 6) is 0.690. The van der Waals surface area contributed by atoms with E-state index in [2.05, 4.69) is 50.4 Å². The van der Waals surface area contributed by atoms with E-state index in [1.165, 1.54) is 5.56 Å². The molecule has 1 aliphatic rings. The first kappa shape index (κ1) is 22.5. The van der Waals surface area contributed by atoms with E-state index in [-0.39, 0.29) is 5.91 Å². The van der Waals surface area contributed by atoms with Crippen molar-refractivity contribution in [3.63, 3.8) is 0 Å². The first-order valence-corrected chi connectivity index (χ1v) is 11.9. The zero-order valence-corrected chi connectivity index (χ0v) is 19.3. The van der Waals surface area contributed by atoms with Gasteiger partial charge in [0, 0.05) is 56.8 Å². The molecule has 7 heteroatoms. The number of rotatable bonds is 9. The number of hydrogen-bond acceptors (Lipinski definition) is 6. The summed E-state index contributed by atoms with van der Waals surface area (Å²) in [5, 5.41) is 6.07. The molecule has 1 saturated heterocycles. The van der Waals surface area contributed by atoms with E-state index in [0.717, 1.165) is 55.7 Å². The molecule has 1 amide bonds. The van der Waals surface area contributed by atoms with Gasteiger partial charge in [0.05, 0.1) is 10.7 Å². The molecule has 2 aromatic carbocycles. The third kappa shape index (κ3) is 6.63. The van der Waals surface area contributed by atoms with Crippen LogP contribution in [0, 0.1) is 6.92 Å². The van der Waals surface area contributed by atoms with Crippen LogP contribution in [0.15, 0.2) is 60.0 Å². The maximum atomic E-state index is 12.4. The highest BCUT2D eigenvalue weighted by molar-refractivity contribution is 7.09. The van der Waals surface area contributed by atoms with Crippen molar-refractivity contribution < 1.29 is 9.53 Å². The summed E-state index contributed by atoms with van der Waals surface area (Å²) in [7, 11) is 0. The highest BCUT2D eigenvalue weighted by Crippen LogP contribution is 2.15. The van der Waals surface area contributed by atoms with E-state index >= 15 is 0 Å². The second kappa shape index (κ2) is 11.2. The second-order valence-corrected chi connectivity index (χ2v) is 9.09. The third-order valence-electron chi connectivity index (χ3n) is 5.60. The molecule has 3 aromatic rings. The van der Waals surface area contributed by atoms with Crippen LogP contribution in [-0.2, 0) is 13.2 Å². The van der Waals surface area contributed by atoms with Gasteiger partial charge in [-0.1, -0.05) is 30.3 Å². The standard InChI is InChI=1S/C25H30N4O2S/c1-20-27-23(19-32-20)18-31-24-9-7-22(8-10-24)25(30)26-11-12-28-13-15-29(16-14-28)17-21-5-3-2-4-6-21/h2-10,19H,11-18H2,1H3,(H,26,30). The Balaban J connectivity index is 1.14. The van der Waals surface area contributed by atoms with Gasteiger partial charge in [0.25, 0.3) is 5.91 Å². The van der Waals surface area contributed by atoms with Gasteiger partial charge < -0.3 is 10.1 Å². The molecule has 1 N–H and O–H groups in total. The van der Waals surface area contributed by atoms with Crippen molar-refractivity contribution in [2.24, 2.45) is 0 Å². The van der Waals surface area contributed by atoms with Gasteiger partial charge in [-0.2, -0.15) is 0 Å².